The molecule has 0 aromatic carbocycles. The minimum absolute atomic E-state index is 0.0678. The molecule has 0 atom stereocenters. The van der Waals surface area contributed by atoms with Crippen LogP contribution in [0.25, 0.3) is 0 Å². The van der Waals surface area contributed by atoms with Gasteiger partial charge in [-0.1, -0.05) is 0 Å². The van der Waals surface area contributed by atoms with Crippen LogP contribution in [0.1, 0.15) is 47.3 Å². The molecule has 0 fully saturated rings. The zero-order chi connectivity index (χ0) is 16.3. The number of ketones is 1. The fourth-order valence-electron chi connectivity index (χ4n) is 1.66. The number of aromatic nitrogens is 1. The number of nitrogens with one attached hydrogen (secondary N) is 1. The van der Waals surface area contributed by atoms with E-state index >= 15 is 0 Å². The number of hydrogen-bond acceptors (Lipinski definition) is 6. The van der Waals surface area contributed by atoms with Crippen molar-refractivity contribution >= 4 is 34.6 Å². The van der Waals surface area contributed by atoms with Gasteiger partial charge in [-0.05, 0) is 39.8 Å². The number of hydrogen-bond donors (Lipinski definition) is 1. The van der Waals surface area contributed by atoms with Gasteiger partial charge in [-0.2, -0.15) is 0 Å². The van der Waals surface area contributed by atoms with Gasteiger partial charge in [-0.3, -0.25) is 4.79 Å². The number of ether oxygens (including phenoxy) is 1. The van der Waals surface area contributed by atoms with Crippen LogP contribution < -0.4 is 10.1 Å². The molecule has 2 aromatic heterocycles. The van der Waals surface area contributed by atoms with E-state index in [-0.39, 0.29) is 11.3 Å². The number of thiazole rings is 1. The minimum Gasteiger partial charge on any atom is -0.390 e. The molecule has 1 N–H and O–H groups in total. The van der Waals surface area contributed by atoms with E-state index in [1.54, 1.807) is 12.3 Å². The maximum absolute atomic E-state index is 11.7. The Morgan fingerprint density at radius 3 is 2.64 bits per heavy atom. The summed E-state index contributed by atoms with van der Waals surface area (Å²) in [5, 5.41) is 5.26. The topological polar surface area (TPSA) is 68.3 Å². The van der Waals surface area contributed by atoms with Gasteiger partial charge >= 0.3 is 6.09 Å². The highest BCUT2D eigenvalue weighted by atomic mass is 32.1. The lowest BCUT2D eigenvalue weighted by Crippen LogP contribution is -2.42. The fraction of sp³-hybridized carbons (Fsp3) is 0.400. The molecule has 0 radical (unpaired) electrons. The highest BCUT2D eigenvalue weighted by Crippen LogP contribution is 2.24. The summed E-state index contributed by atoms with van der Waals surface area (Å²) in [4.78, 5) is 29.0. The van der Waals surface area contributed by atoms with Crippen molar-refractivity contribution in [3.63, 3.8) is 0 Å². The maximum Gasteiger partial charge on any atom is 0.414 e. The Balaban J connectivity index is 1.96. The maximum atomic E-state index is 11.7. The lowest BCUT2D eigenvalue weighted by molar-refractivity contribution is 0.102. The van der Waals surface area contributed by atoms with E-state index in [9.17, 15) is 9.59 Å². The number of carbonyl (C=O) groups excluding carboxylic acids is 2. The highest BCUT2D eigenvalue weighted by molar-refractivity contribution is 7.14. The molecule has 5 nitrogen and oxygen atoms in total. The number of nitrogens with zero attached hydrogens (tertiary/aromatic N) is 1. The van der Waals surface area contributed by atoms with E-state index in [1.807, 2.05) is 32.9 Å². The van der Waals surface area contributed by atoms with Gasteiger partial charge in [0.15, 0.2) is 5.78 Å². The molecule has 118 valence electrons. The Kier molecular flexibility index (Phi) is 4.97. The van der Waals surface area contributed by atoms with Crippen molar-refractivity contribution in [3.8, 4) is 5.88 Å². The number of rotatable bonds is 4. The summed E-state index contributed by atoms with van der Waals surface area (Å²) in [5.74, 6) is 0.364. The molecule has 22 heavy (non-hydrogen) atoms. The first-order valence-electron chi connectivity index (χ1n) is 6.77. The van der Waals surface area contributed by atoms with Crippen molar-refractivity contribution in [2.75, 3.05) is 0 Å². The molecule has 0 saturated heterocycles. The summed E-state index contributed by atoms with van der Waals surface area (Å²) in [6.07, 6.45) is 0.117. The molecule has 2 rings (SSSR count). The molecule has 0 unspecified atom stereocenters. The van der Waals surface area contributed by atoms with Crippen molar-refractivity contribution in [2.24, 2.45) is 0 Å². The van der Waals surface area contributed by atoms with Gasteiger partial charge in [-0.15, -0.1) is 22.7 Å². The van der Waals surface area contributed by atoms with Gasteiger partial charge in [0.25, 0.3) is 0 Å². The Labute approximate surface area is 137 Å². The lowest BCUT2D eigenvalue weighted by atomic mass is 10.1. The zero-order valence-electron chi connectivity index (χ0n) is 12.9. The molecule has 7 heteroatoms. The van der Waals surface area contributed by atoms with E-state index < -0.39 is 6.09 Å². The molecule has 0 aliphatic rings. The Morgan fingerprint density at radius 1 is 1.32 bits per heavy atom. The van der Waals surface area contributed by atoms with Crippen molar-refractivity contribution in [1.82, 2.24) is 10.3 Å². The monoisotopic (exact) mass is 338 g/mol. The summed E-state index contributed by atoms with van der Waals surface area (Å²) in [7, 11) is 0. The molecule has 0 aliphatic heterocycles. The molecule has 0 aliphatic carbocycles. The third-order valence-corrected chi connectivity index (χ3v) is 4.55. The van der Waals surface area contributed by atoms with Crippen molar-refractivity contribution in [2.45, 2.75) is 39.7 Å². The van der Waals surface area contributed by atoms with E-state index in [0.29, 0.717) is 12.3 Å². The smallest absolute Gasteiger partial charge is 0.390 e. The number of Topliss-reactive ketones (excluding diaryl/α,β-unsaturated/α-hetero) is 1. The van der Waals surface area contributed by atoms with E-state index in [4.69, 9.17) is 4.74 Å². The second kappa shape index (κ2) is 6.58. The second-order valence-electron chi connectivity index (χ2n) is 5.84. The summed E-state index contributed by atoms with van der Waals surface area (Å²) in [5.41, 5.74) is -0.351. The SMILES string of the molecule is CC(=O)c1ccc(Cc2nc(OC(=O)NC(C)(C)C)cs2)s1. The standard InChI is InChI=1S/C15H18N2O3S2/c1-9(18)11-6-5-10(22-11)7-13-16-12(8-21-13)20-14(19)17-15(2,3)4/h5-6,8H,7H2,1-4H3,(H,17,19). The fourth-order valence-corrected chi connectivity index (χ4v) is 3.38. The highest BCUT2D eigenvalue weighted by Gasteiger charge is 2.16. The van der Waals surface area contributed by atoms with Gasteiger partial charge in [0.2, 0.25) is 5.88 Å². The van der Waals surface area contributed by atoms with E-state index in [2.05, 4.69) is 10.3 Å². The van der Waals surface area contributed by atoms with Crippen LogP contribution in [-0.2, 0) is 6.42 Å². The Hall–Kier alpha value is -1.73. The van der Waals surface area contributed by atoms with E-state index in [0.717, 1.165) is 14.8 Å². The summed E-state index contributed by atoms with van der Waals surface area (Å²) < 4.78 is 5.15. The molecule has 2 heterocycles. The van der Waals surface area contributed by atoms with Crippen molar-refractivity contribution in [1.29, 1.82) is 0 Å². The first-order valence-corrected chi connectivity index (χ1v) is 8.46. The van der Waals surface area contributed by atoms with Crippen LogP contribution in [0.2, 0.25) is 0 Å². The van der Waals surface area contributed by atoms with Crippen LogP contribution in [0.5, 0.6) is 5.88 Å². The number of amides is 1. The lowest BCUT2D eigenvalue weighted by Gasteiger charge is -2.19. The van der Waals surface area contributed by atoms with Crippen LogP contribution in [0.3, 0.4) is 0 Å². The molecule has 2 aromatic rings. The van der Waals surface area contributed by atoms with Crippen LogP contribution in [0.15, 0.2) is 17.5 Å². The molecule has 1 amide bonds. The average Bonchev–Trinajstić information content (AvgIpc) is 2.97. The third-order valence-electron chi connectivity index (χ3n) is 2.54. The first kappa shape index (κ1) is 16.6. The van der Waals surface area contributed by atoms with Gasteiger partial charge in [0.05, 0.1) is 10.3 Å². The largest absolute Gasteiger partial charge is 0.414 e. The average molecular weight is 338 g/mol. The minimum atomic E-state index is -0.515. The van der Waals surface area contributed by atoms with Crippen LogP contribution in [0, 0.1) is 0 Å². The molecular formula is C15H18N2O3S2. The van der Waals surface area contributed by atoms with Crippen LogP contribution >= 0.6 is 22.7 Å². The number of carbonyl (C=O) groups is 2. The Morgan fingerprint density at radius 2 is 2.05 bits per heavy atom. The normalized spacial score (nSPS) is 11.3. The van der Waals surface area contributed by atoms with Crippen LogP contribution in [0.4, 0.5) is 4.79 Å². The summed E-state index contributed by atoms with van der Waals surface area (Å²) in [6.45, 7) is 7.19. The Bertz CT molecular complexity index is 683. The second-order valence-corrected chi connectivity index (χ2v) is 7.95. The van der Waals surface area contributed by atoms with Gasteiger partial charge in [-0.25, -0.2) is 9.78 Å². The quantitative estimate of drug-likeness (QED) is 0.859. The summed E-state index contributed by atoms with van der Waals surface area (Å²) in [6, 6.07) is 3.75. The molecular weight excluding hydrogens is 320 g/mol. The first-order chi connectivity index (χ1) is 10.2. The number of thiophene rings is 1. The zero-order valence-corrected chi connectivity index (χ0v) is 14.6. The predicted molar refractivity (Wildman–Crippen MR) is 88.2 cm³/mol. The van der Waals surface area contributed by atoms with Crippen molar-refractivity contribution < 1.29 is 14.3 Å². The van der Waals surface area contributed by atoms with Gasteiger partial charge in [0, 0.05) is 16.8 Å². The van der Waals surface area contributed by atoms with Crippen molar-refractivity contribution in [3.05, 3.63) is 32.3 Å². The van der Waals surface area contributed by atoms with E-state index in [1.165, 1.54) is 22.7 Å². The molecule has 0 saturated carbocycles. The predicted octanol–water partition coefficient (Wildman–Crippen LogP) is 3.88. The van der Waals surface area contributed by atoms with Gasteiger partial charge < -0.3 is 10.1 Å². The van der Waals surface area contributed by atoms with Crippen LogP contribution in [-0.4, -0.2) is 22.4 Å². The molecule has 0 spiro atoms. The molecule has 0 bridgehead atoms. The third kappa shape index (κ3) is 4.92. The van der Waals surface area contributed by atoms with Gasteiger partial charge in [0.1, 0.15) is 5.01 Å². The summed E-state index contributed by atoms with van der Waals surface area (Å²) >= 11 is 2.89.